The molecule has 0 bridgehead atoms. The highest BCUT2D eigenvalue weighted by Crippen LogP contribution is 2.31. The average molecular weight is 410 g/mol. The lowest BCUT2D eigenvalue weighted by Gasteiger charge is -2.40. The van der Waals surface area contributed by atoms with Crippen LogP contribution in [0.15, 0.2) is 59.4 Å². The van der Waals surface area contributed by atoms with Crippen LogP contribution in [0.1, 0.15) is 0 Å². The lowest BCUT2D eigenvalue weighted by atomic mass is 9.88. The number of hydrogen-bond donors (Lipinski definition) is 0. The van der Waals surface area contributed by atoms with Gasteiger partial charge in [0.2, 0.25) is 5.95 Å². The Morgan fingerprint density at radius 2 is 2.03 bits per heavy atom. The molecular weight excluding hydrogens is 384 g/mol. The zero-order valence-corrected chi connectivity index (χ0v) is 17.4. The van der Waals surface area contributed by atoms with Gasteiger partial charge in [-0.25, -0.2) is 4.98 Å². The Bertz CT molecular complexity index is 1000. The molecule has 2 aromatic rings. The molecule has 2 unspecified atom stereocenters. The minimum Gasteiger partial charge on any atom is -0.501 e. The molecule has 1 saturated heterocycles. The molecule has 1 fully saturated rings. The molecule has 0 radical (unpaired) electrons. The summed E-state index contributed by atoms with van der Waals surface area (Å²) < 4.78 is 19.0. The first-order valence-electron chi connectivity index (χ1n) is 9.92. The molecule has 0 saturated carbocycles. The minimum atomic E-state index is -0.165. The van der Waals surface area contributed by atoms with Crippen LogP contribution < -0.4 is 10.5 Å². The number of rotatable bonds is 5. The van der Waals surface area contributed by atoms with E-state index < -0.39 is 0 Å². The van der Waals surface area contributed by atoms with E-state index in [-0.39, 0.29) is 23.7 Å². The summed E-state index contributed by atoms with van der Waals surface area (Å²) in [5, 5.41) is 0. The molecule has 30 heavy (non-hydrogen) atoms. The summed E-state index contributed by atoms with van der Waals surface area (Å²) in [4.78, 5) is 23.6. The maximum absolute atomic E-state index is 12.6. The topological polar surface area (TPSA) is 78.7 Å². The standard InChI is InChI=1S/C22H26N4O4/c1-25-20(27)13-16(15-7-9-23-10-8-15)24-22(25)26-11-12-30-19(14-26)21-17(28-2)5-4-6-18(21)29-3/h4-10,13,17,19,21H,11-12,14H2,1-3H3/t17?,19-,21?/m0/s1. The average Bonchev–Trinajstić information content (AvgIpc) is 2.80. The van der Waals surface area contributed by atoms with Crippen LogP contribution in [0.3, 0.4) is 0 Å². The Kier molecular flexibility index (Phi) is 5.96. The van der Waals surface area contributed by atoms with Crippen molar-refractivity contribution >= 4 is 5.95 Å². The summed E-state index contributed by atoms with van der Waals surface area (Å²) in [5.74, 6) is 1.36. The van der Waals surface area contributed by atoms with E-state index in [1.165, 1.54) is 0 Å². The second-order valence-electron chi connectivity index (χ2n) is 7.31. The largest absolute Gasteiger partial charge is 0.501 e. The number of anilines is 1. The second-order valence-corrected chi connectivity index (χ2v) is 7.31. The van der Waals surface area contributed by atoms with E-state index in [9.17, 15) is 4.79 Å². The Morgan fingerprint density at radius 1 is 1.23 bits per heavy atom. The third kappa shape index (κ3) is 3.88. The quantitative estimate of drug-likeness (QED) is 0.743. The Morgan fingerprint density at radius 3 is 2.77 bits per heavy atom. The van der Waals surface area contributed by atoms with Crippen LogP contribution in [0.5, 0.6) is 0 Å². The molecule has 0 N–H and O–H groups in total. The number of morpholine rings is 1. The molecule has 4 rings (SSSR count). The van der Waals surface area contributed by atoms with Gasteiger partial charge in [-0.15, -0.1) is 0 Å². The van der Waals surface area contributed by atoms with E-state index in [4.69, 9.17) is 19.2 Å². The first-order chi connectivity index (χ1) is 14.6. The highest BCUT2D eigenvalue weighted by Gasteiger charge is 2.38. The molecule has 1 aliphatic heterocycles. The van der Waals surface area contributed by atoms with Crippen LogP contribution in [-0.4, -0.2) is 60.7 Å². The summed E-state index contributed by atoms with van der Waals surface area (Å²) in [6, 6.07) is 5.25. The Balaban J connectivity index is 1.65. The number of hydrogen-bond acceptors (Lipinski definition) is 7. The fourth-order valence-corrected chi connectivity index (χ4v) is 4.03. The first kappa shape index (κ1) is 20.3. The molecule has 158 valence electrons. The molecule has 3 heterocycles. The van der Waals surface area contributed by atoms with Crippen molar-refractivity contribution in [1.82, 2.24) is 14.5 Å². The first-order valence-corrected chi connectivity index (χ1v) is 9.92. The lowest BCUT2D eigenvalue weighted by Crippen LogP contribution is -2.51. The zero-order valence-electron chi connectivity index (χ0n) is 17.4. The van der Waals surface area contributed by atoms with E-state index >= 15 is 0 Å². The van der Waals surface area contributed by atoms with Gasteiger partial charge in [0.15, 0.2) is 0 Å². The van der Waals surface area contributed by atoms with Gasteiger partial charge in [0, 0.05) is 51.3 Å². The predicted octanol–water partition coefficient (Wildman–Crippen LogP) is 1.78. The van der Waals surface area contributed by atoms with Crippen molar-refractivity contribution in [3.05, 3.63) is 64.9 Å². The van der Waals surface area contributed by atoms with E-state index in [1.54, 1.807) is 44.3 Å². The molecule has 0 amide bonds. The van der Waals surface area contributed by atoms with Crippen LogP contribution >= 0.6 is 0 Å². The van der Waals surface area contributed by atoms with Crippen molar-refractivity contribution in [3.63, 3.8) is 0 Å². The smallest absolute Gasteiger partial charge is 0.255 e. The van der Waals surface area contributed by atoms with Crippen molar-refractivity contribution in [3.8, 4) is 11.3 Å². The van der Waals surface area contributed by atoms with E-state index in [2.05, 4.69) is 9.88 Å². The molecule has 1 aliphatic carbocycles. The van der Waals surface area contributed by atoms with Gasteiger partial charge in [-0.05, 0) is 18.2 Å². The van der Waals surface area contributed by atoms with Gasteiger partial charge >= 0.3 is 0 Å². The number of allylic oxidation sites excluding steroid dienone is 2. The van der Waals surface area contributed by atoms with Crippen LogP contribution in [0.4, 0.5) is 5.95 Å². The van der Waals surface area contributed by atoms with Crippen LogP contribution in [0.2, 0.25) is 0 Å². The summed E-state index contributed by atoms with van der Waals surface area (Å²) in [6.45, 7) is 1.73. The highest BCUT2D eigenvalue weighted by atomic mass is 16.5. The van der Waals surface area contributed by atoms with Crippen LogP contribution in [0.25, 0.3) is 11.3 Å². The van der Waals surface area contributed by atoms with Crippen molar-refractivity contribution in [1.29, 1.82) is 0 Å². The van der Waals surface area contributed by atoms with Crippen molar-refractivity contribution < 1.29 is 14.2 Å². The molecule has 0 aromatic carbocycles. The summed E-state index contributed by atoms with van der Waals surface area (Å²) in [6.07, 6.45) is 8.97. The molecule has 2 aromatic heterocycles. The van der Waals surface area contributed by atoms with Gasteiger partial charge in [0.05, 0.1) is 37.5 Å². The van der Waals surface area contributed by atoms with Crippen LogP contribution in [0, 0.1) is 5.92 Å². The number of pyridine rings is 1. The van der Waals surface area contributed by atoms with Gasteiger partial charge in [-0.2, -0.15) is 0 Å². The summed E-state index contributed by atoms with van der Waals surface area (Å²) >= 11 is 0. The fraction of sp³-hybridized carbons (Fsp3) is 0.409. The Labute approximate surface area is 175 Å². The monoisotopic (exact) mass is 410 g/mol. The lowest BCUT2D eigenvalue weighted by molar-refractivity contribution is -0.0460. The maximum Gasteiger partial charge on any atom is 0.255 e. The third-order valence-corrected chi connectivity index (χ3v) is 5.62. The maximum atomic E-state index is 12.6. The highest BCUT2D eigenvalue weighted by molar-refractivity contribution is 5.59. The molecule has 3 atom stereocenters. The normalized spacial score (nSPS) is 23.9. The van der Waals surface area contributed by atoms with Gasteiger partial charge in [-0.3, -0.25) is 14.3 Å². The molecule has 8 nitrogen and oxygen atoms in total. The SMILES string of the molecule is COC1=CC=CC(OC)C1[C@@H]1CN(c2nc(-c3ccncc3)cc(=O)n2C)CCO1. The van der Waals surface area contributed by atoms with Crippen molar-refractivity contribution in [2.45, 2.75) is 12.2 Å². The zero-order chi connectivity index (χ0) is 21.1. The van der Waals surface area contributed by atoms with Crippen molar-refractivity contribution in [2.24, 2.45) is 13.0 Å². The van der Waals surface area contributed by atoms with Gasteiger partial charge in [-0.1, -0.05) is 12.2 Å². The number of aromatic nitrogens is 3. The van der Waals surface area contributed by atoms with Gasteiger partial charge < -0.3 is 19.1 Å². The van der Waals surface area contributed by atoms with E-state index in [0.717, 1.165) is 11.3 Å². The van der Waals surface area contributed by atoms with Crippen molar-refractivity contribution in [2.75, 3.05) is 38.8 Å². The number of ether oxygens (including phenoxy) is 3. The number of methoxy groups -OCH3 is 2. The molecular formula is C22H26N4O4. The predicted molar refractivity (Wildman–Crippen MR) is 113 cm³/mol. The van der Waals surface area contributed by atoms with Gasteiger partial charge in [0.25, 0.3) is 5.56 Å². The number of nitrogens with zero attached hydrogens (tertiary/aromatic N) is 4. The second kappa shape index (κ2) is 8.81. The van der Waals surface area contributed by atoms with E-state index in [0.29, 0.717) is 31.3 Å². The summed E-state index contributed by atoms with van der Waals surface area (Å²) in [7, 11) is 5.09. The third-order valence-electron chi connectivity index (χ3n) is 5.62. The Hall–Kier alpha value is -2.97. The molecule has 0 spiro atoms. The van der Waals surface area contributed by atoms with E-state index in [1.807, 2.05) is 30.4 Å². The van der Waals surface area contributed by atoms with Crippen LogP contribution in [-0.2, 0) is 21.3 Å². The fourth-order valence-electron chi connectivity index (χ4n) is 4.03. The van der Waals surface area contributed by atoms with Gasteiger partial charge in [0.1, 0.15) is 5.76 Å². The molecule has 2 aliphatic rings. The molecule has 8 heteroatoms. The minimum absolute atomic E-state index is 0.0757. The summed E-state index contributed by atoms with van der Waals surface area (Å²) in [5.41, 5.74) is 1.38.